The van der Waals surface area contributed by atoms with Crippen LogP contribution in [0.4, 0.5) is 35.1 Å². The fraction of sp³-hybridized carbons (Fsp3) is 0.350. The van der Waals surface area contributed by atoms with Gasteiger partial charge in [0.1, 0.15) is 10.6 Å². The Morgan fingerprint density at radius 1 is 0.848 bits per heavy atom. The van der Waals surface area contributed by atoms with Gasteiger partial charge in [0.05, 0.1) is 10.8 Å². The highest BCUT2D eigenvalue weighted by Crippen LogP contribution is 2.56. The van der Waals surface area contributed by atoms with E-state index in [1.807, 2.05) is 0 Å². The molecule has 1 saturated carbocycles. The Kier molecular flexibility index (Phi) is 5.80. The molecule has 1 N–H and O–H groups in total. The van der Waals surface area contributed by atoms with Gasteiger partial charge in [0.15, 0.2) is 9.84 Å². The molecule has 13 heteroatoms. The Morgan fingerprint density at radius 3 is 1.70 bits per heavy atom. The Hall–Kier alpha value is -2.70. The third-order valence-electron chi connectivity index (χ3n) is 5.73. The van der Waals surface area contributed by atoms with E-state index >= 15 is 0 Å². The zero-order valence-corrected chi connectivity index (χ0v) is 17.0. The number of hydrogen-bond acceptors (Lipinski definition) is 3. The molecular weight excluding hydrogens is 488 g/mol. The van der Waals surface area contributed by atoms with Crippen LogP contribution in [0.1, 0.15) is 24.0 Å². The summed E-state index contributed by atoms with van der Waals surface area (Å²) < 4.78 is 130. The highest BCUT2D eigenvalue weighted by atomic mass is 32.2. The Bertz CT molecular complexity index is 1130. The number of alkyl halides is 7. The number of carboxylic acids is 1. The number of aliphatic carboxylic acids is 1. The Morgan fingerprint density at radius 2 is 1.30 bits per heavy atom. The number of rotatable bonds is 5. The molecule has 4 nitrogen and oxygen atoms in total. The van der Waals surface area contributed by atoms with Crippen LogP contribution in [0, 0.1) is 11.7 Å². The number of carbonyl (C=O) groups is 1. The van der Waals surface area contributed by atoms with Crippen molar-refractivity contribution in [2.24, 2.45) is 5.92 Å². The minimum Gasteiger partial charge on any atom is -0.481 e. The summed E-state index contributed by atoms with van der Waals surface area (Å²) in [5.74, 6) is -3.29. The number of benzene rings is 2. The van der Waals surface area contributed by atoms with Crippen LogP contribution in [0.15, 0.2) is 53.4 Å². The molecule has 0 saturated heterocycles. The minimum absolute atomic E-state index is 0.173. The number of halogens is 8. The average molecular weight is 502 g/mol. The van der Waals surface area contributed by atoms with Gasteiger partial charge in [0, 0.05) is 5.56 Å². The van der Waals surface area contributed by atoms with Gasteiger partial charge >= 0.3 is 24.0 Å². The van der Waals surface area contributed by atoms with Crippen LogP contribution in [0.3, 0.4) is 0 Å². The van der Waals surface area contributed by atoms with Gasteiger partial charge in [0.2, 0.25) is 0 Å². The molecule has 0 spiro atoms. The Balaban J connectivity index is 2.13. The van der Waals surface area contributed by atoms with Crippen LogP contribution < -0.4 is 0 Å². The van der Waals surface area contributed by atoms with Gasteiger partial charge in [-0.3, -0.25) is 4.79 Å². The summed E-state index contributed by atoms with van der Waals surface area (Å²) in [5, 5.41) is 9.17. The molecular formula is C20H14F8O4S. The molecule has 0 amide bonds. The molecule has 0 heterocycles. The van der Waals surface area contributed by atoms with E-state index in [2.05, 4.69) is 0 Å². The molecule has 2 aromatic carbocycles. The van der Waals surface area contributed by atoms with Crippen LogP contribution in [0.5, 0.6) is 0 Å². The van der Waals surface area contributed by atoms with Crippen molar-refractivity contribution in [3.8, 4) is 0 Å². The van der Waals surface area contributed by atoms with Crippen LogP contribution >= 0.6 is 0 Å². The van der Waals surface area contributed by atoms with E-state index < -0.39 is 73.6 Å². The molecule has 1 aliphatic carbocycles. The largest absolute Gasteiger partial charge is 0.481 e. The minimum atomic E-state index is -6.35. The molecule has 1 fully saturated rings. The second kappa shape index (κ2) is 7.67. The van der Waals surface area contributed by atoms with Gasteiger partial charge in [-0.25, -0.2) is 17.2 Å². The SMILES string of the molecule is O=C(O)[C@H]1C[C@@](c2ccc(C(F)(C(F)(F)F)C(F)(F)F)cc2)(S(=O)(=O)c2ccc(F)cc2)C1. The maximum Gasteiger partial charge on any atom is 0.435 e. The molecule has 0 radical (unpaired) electrons. The molecule has 180 valence electrons. The molecule has 1 aliphatic rings. The molecule has 3 rings (SSSR count). The van der Waals surface area contributed by atoms with E-state index in [0.717, 1.165) is 24.3 Å². The number of sulfone groups is 1. The van der Waals surface area contributed by atoms with E-state index in [1.54, 1.807) is 0 Å². The summed E-state index contributed by atoms with van der Waals surface area (Å²) in [6.07, 6.45) is -13.8. The molecule has 0 atom stereocenters. The zero-order chi connectivity index (χ0) is 25.0. The van der Waals surface area contributed by atoms with E-state index in [4.69, 9.17) is 0 Å². The summed E-state index contributed by atoms with van der Waals surface area (Å²) in [4.78, 5) is 10.8. The predicted octanol–water partition coefficient (Wildman–Crippen LogP) is 5.28. The number of carboxylic acid groups (broad SMARTS) is 1. The van der Waals surface area contributed by atoms with Gasteiger partial charge in [-0.05, 0) is 42.7 Å². The maximum absolute atomic E-state index is 14.3. The number of hydrogen-bond donors (Lipinski definition) is 1. The van der Waals surface area contributed by atoms with Gasteiger partial charge in [-0.1, -0.05) is 24.3 Å². The predicted molar refractivity (Wildman–Crippen MR) is 97.0 cm³/mol. The average Bonchev–Trinajstić information content (AvgIpc) is 2.65. The summed E-state index contributed by atoms with van der Waals surface area (Å²) >= 11 is 0. The van der Waals surface area contributed by atoms with E-state index in [9.17, 15) is 53.4 Å². The maximum atomic E-state index is 14.3. The lowest BCUT2D eigenvalue weighted by atomic mass is 9.70. The summed E-state index contributed by atoms with van der Waals surface area (Å²) in [6.45, 7) is 0. The lowest BCUT2D eigenvalue weighted by Gasteiger charge is -2.45. The first-order valence-corrected chi connectivity index (χ1v) is 10.6. The van der Waals surface area contributed by atoms with Crippen molar-refractivity contribution in [3.63, 3.8) is 0 Å². The first kappa shape index (κ1) is 24.9. The lowest BCUT2D eigenvalue weighted by molar-refractivity contribution is -0.348. The van der Waals surface area contributed by atoms with Gasteiger partial charge < -0.3 is 5.11 Å². The van der Waals surface area contributed by atoms with Gasteiger partial charge in [-0.15, -0.1) is 0 Å². The van der Waals surface area contributed by atoms with Gasteiger partial charge in [0.25, 0.3) is 0 Å². The highest BCUT2D eigenvalue weighted by molar-refractivity contribution is 7.92. The smallest absolute Gasteiger partial charge is 0.435 e. The molecule has 33 heavy (non-hydrogen) atoms. The summed E-state index contributed by atoms with van der Waals surface area (Å²) in [5.41, 5.74) is -7.83. The zero-order valence-electron chi connectivity index (χ0n) is 16.2. The summed E-state index contributed by atoms with van der Waals surface area (Å²) in [7, 11) is -4.47. The van der Waals surface area contributed by atoms with Gasteiger partial charge in [-0.2, -0.15) is 26.3 Å². The van der Waals surface area contributed by atoms with Crippen molar-refractivity contribution in [2.45, 2.75) is 40.5 Å². The first-order valence-electron chi connectivity index (χ1n) is 9.14. The molecule has 0 aromatic heterocycles. The second-order valence-corrected chi connectivity index (χ2v) is 9.89. The topological polar surface area (TPSA) is 71.4 Å². The standard InChI is InChI=1S/C20H14F8O4S/c21-14-5-7-15(8-6-14)33(31,32)17(9-11(10-17)16(29)30)12-1-3-13(4-2-12)18(22,19(23,24)25)20(26,27)28/h1-8,11H,9-10H2,(H,29,30)/t11-,17+. The van der Waals surface area contributed by atoms with Crippen LogP contribution in [0.25, 0.3) is 0 Å². The van der Waals surface area contributed by atoms with E-state index in [1.165, 1.54) is 0 Å². The first-order chi connectivity index (χ1) is 15.0. The van der Waals surface area contributed by atoms with Crippen molar-refractivity contribution in [1.82, 2.24) is 0 Å². The molecule has 0 aliphatic heterocycles. The molecule has 0 bridgehead atoms. The van der Waals surface area contributed by atoms with Crippen molar-refractivity contribution in [2.75, 3.05) is 0 Å². The highest BCUT2D eigenvalue weighted by Gasteiger charge is 2.73. The third-order valence-corrected chi connectivity index (χ3v) is 8.22. The second-order valence-electron chi connectivity index (χ2n) is 7.63. The quantitative estimate of drug-likeness (QED) is 0.446. The fourth-order valence-corrected chi connectivity index (χ4v) is 6.09. The normalized spacial score (nSPS) is 22.0. The fourth-order valence-electron chi connectivity index (χ4n) is 3.85. The summed E-state index contributed by atoms with van der Waals surface area (Å²) in [6, 6.07) is 4.98. The third kappa shape index (κ3) is 3.75. The van der Waals surface area contributed by atoms with Crippen LogP contribution in [0.2, 0.25) is 0 Å². The van der Waals surface area contributed by atoms with E-state index in [0.29, 0.717) is 12.1 Å². The van der Waals surface area contributed by atoms with E-state index in [-0.39, 0.29) is 17.7 Å². The lowest BCUT2D eigenvalue weighted by Crippen LogP contribution is -2.51. The van der Waals surface area contributed by atoms with Crippen molar-refractivity contribution >= 4 is 15.8 Å². The van der Waals surface area contributed by atoms with Crippen molar-refractivity contribution < 1.29 is 53.4 Å². The molecule has 0 unspecified atom stereocenters. The monoisotopic (exact) mass is 502 g/mol. The van der Waals surface area contributed by atoms with Crippen molar-refractivity contribution in [3.05, 3.63) is 65.5 Å². The van der Waals surface area contributed by atoms with Crippen LogP contribution in [-0.4, -0.2) is 31.8 Å². The van der Waals surface area contributed by atoms with Crippen LogP contribution in [-0.2, 0) is 25.0 Å². The van der Waals surface area contributed by atoms with Crippen molar-refractivity contribution in [1.29, 1.82) is 0 Å². The molecule has 2 aromatic rings. The Labute approximate surface area is 181 Å².